The molecule has 34 heavy (non-hydrogen) atoms. The fourth-order valence-electron chi connectivity index (χ4n) is 4.02. The second kappa shape index (κ2) is 8.18. The second-order valence-electron chi connectivity index (χ2n) is 8.47. The van der Waals surface area contributed by atoms with Crippen LogP contribution in [0.15, 0.2) is 77.5 Å². The van der Waals surface area contributed by atoms with Crippen molar-refractivity contribution in [3.05, 3.63) is 84.4 Å². The number of benzene rings is 2. The number of nitrogens with one attached hydrogen (secondary N) is 1. The first kappa shape index (κ1) is 21.4. The minimum absolute atomic E-state index is 0.288. The van der Waals surface area contributed by atoms with Gasteiger partial charge in [-0.15, -0.1) is 0 Å². The molecule has 1 fully saturated rings. The number of rotatable bonds is 6. The molecule has 4 amide bonds. The summed E-state index contributed by atoms with van der Waals surface area (Å²) in [5.74, 6) is -0.580. The SMILES string of the molecule is CN(Cc1cnn(-c2ccccc2)c1)C(=O)CN1C(=O)N[C@](C)(c2cc3ccccc3o2)C1=O. The predicted octanol–water partition coefficient (Wildman–Crippen LogP) is 3.04. The number of carbonyl (C=O) groups excluding carboxylic acids is 3. The van der Waals surface area contributed by atoms with Crippen molar-refractivity contribution in [3.63, 3.8) is 0 Å². The van der Waals surface area contributed by atoms with Gasteiger partial charge < -0.3 is 14.6 Å². The van der Waals surface area contributed by atoms with Crippen LogP contribution < -0.4 is 5.32 Å². The van der Waals surface area contributed by atoms with Gasteiger partial charge in [0, 0.05) is 30.7 Å². The lowest BCUT2D eigenvalue weighted by molar-refractivity contribution is -0.138. The Bertz CT molecular complexity index is 1360. The number of aromatic nitrogens is 2. The van der Waals surface area contributed by atoms with Gasteiger partial charge in [-0.3, -0.25) is 14.5 Å². The van der Waals surface area contributed by atoms with Crippen molar-refractivity contribution in [3.8, 4) is 5.69 Å². The first-order chi connectivity index (χ1) is 16.3. The zero-order valence-corrected chi connectivity index (χ0v) is 18.8. The molecule has 0 saturated carbocycles. The van der Waals surface area contributed by atoms with E-state index in [1.165, 1.54) is 4.90 Å². The van der Waals surface area contributed by atoms with E-state index < -0.39 is 17.5 Å². The molecule has 2 aromatic carbocycles. The quantitative estimate of drug-likeness (QED) is 0.449. The maximum Gasteiger partial charge on any atom is 0.325 e. The molecule has 172 valence electrons. The van der Waals surface area contributed by atoms with E-state index in [0.29, 0.717) is 11.3 Å². The van der Waals surface area contributed by atoms with Crippen molar-refractivity contribution in [1.29, 1.82) is 0 Å². The number of amides is 4. The van der Waals surface area contributed by atoms with E-state index in [1.54, 1.807) is 37.0 Å². The van der Waals surface area contributed by atoms with Gasteiger partial charge in [-0.1, -0.05) is 36.4 Å². The van der Waals surface area contributed by atoms with E-state index in [9.17, 15) is 14.4 Å². The Kier molecular flexibility index (Phi) is 5.16. The zero-order valence-electron chi connectivity index (χ0n) is 18.8. The number of carbonyl (C=O) groups is 3. The molecule has 0 spiro atoms. The van der Waals surface area contributed by atoms with E-state index in [-0.39, 0.29) is 19.0 Å². The molecule has 1 aliphatic rings. The predicted molar refractivity (Wildman–Crippen MR) is 124 cm³/mol. The Morgan fingerprint density at radius 1 is 1.12 bits per heavy atom. The van der Waals surface area contributed by atoms with Crippen molar-refractivity contribution in [2.24, 2.45) is 0 Å². The van der Waals surface area contributed by atoms with Crippen LogP contribution in [0.5, 0.6) is 0 Å². The summed E-state index contributed by atoms with van der Waals surface area (Å²) >= 11 is 0. The molecule has 0 radical (unpaired) electrons. The topological polar surface area (TPSA) is 101 Å². The highest BCUT2D eigenvalue weighted by molar-refractivity contribution is 6.09. The van der Waals surface area contributed by atoms with Crippen LogP contribution in [-0.2, 0) is 21.7 Å². The van der Waals surface area contributed by atoms with Crippen molar-refractivity contribution in [1.82, 2.24) is 24.9 Å². The van der Waals surface area contributed by atoms with E-state index in [4.69, 9.17) is 4.42 Å². The average Bonchev–Trinajstić information content (AvgIpc) is 3.54. The summed E-state index contributed by atoms with van der Waals surface area (Å²) in [6.07, 6.45) is 3.52. The lowest BCUT2D eigenvalue weighted by atomic mass is 9.99. The molecule has 9 heteroatoms. The third kappa shape index (κ3) is 3.71. The van der Waals surface area contributed by atoms with Crippen LogP contribution in [0.4, 0.5) is 4.79 Å². The summed E-state index contributed by atoms with van der Waals surface area (Å²) < 4.78 is 7.55. The largest absolute Gasteiger partial charge is 0.458 e. The Hall–Kier alpha value is -4.40. The number of furan rings is 1. The van der Waals surface area contributed by atoms with Crippen LogP contribution in [0.1, 0.15) is 18.2 Å². The van der Waals surface area contributed by atoms with Gasteiger partial charge in [0.25, 0.3) is 5.91 Å². The van der Waals surface area contributed by atoms with Crippen LogP contribution in [0.3, 0.4) is 0 Å². The number of urea groups is 1. The molecule has 1 saturated heterocycles. The molecule has 9 nitrogen and oxygen atoms in total. The summed E-state index contributed by atoms with van der Waals surface area (Å²) in [6, 6.07) is 18.1. The van der Waals surface area contributed by atoms with Crippen molar-refractivity contribution >= 4 is 28.8 Å². The number of fused-ring (bicyclic) bond motifs is 1. The van der Waals surface area contributed by atoms with E-state index >= 15 is 0 Å². The standard InChI is InChI=1S/C25H23N5O4/c1-25(21-12-18-8-6-7-11-20(18)34-21)23(32)29(24(33)27-25)16-22(31)28(2)14-17-13-26-30(15-17)19-9-4-3-5-10-19/h3-13,15H,14,16H2,1-2H3,(H,27,33)/t25-/m1/s1. The molecule has 4 aromatic rings. The van der Waals surface area contributed by atoms with Crippen LogP contribution in [0.25, 0.3) is 16.7 Å². The monoisotopic (exact) mass is 457 g/mol. The molecule has 1 atom stereocenters. The molecule has 1 aliphatic heterocycles. The zero-order chi connectivity index (χ0) is 23.9. The minimum atomic E-state index is -1.38. The molecule has 0 aliphatic carbocycles. The lowest BCUT2D eigenvalue weighted by Gasteiger charge is -2.21. The maximum atomic E-state index is 13.2. The third-order valence-electron chi connectivity index (χ3n) is 5.99. The van der Waals surface area contributed by atoms with Crippen LogP contribution in [0.2, 0.25) is 0 Å². The summed E-state index contributed by atoms with van der Waals surface area (Å²) in [7, 11) is 1.62. The number of likely N-dealkylation sites (N-methyl/N-ethyl adjacent to an activating group) is 1. The first-order valence-corrected chi connectivity index (χ1v) is 10.8. The molecule has 3 heterocycles. The molecule has 2 aromatic heterocycles. The molecule has 0 bridgehead atoms. The van der Waals surface area contributed by atoms with Gasteiger partial charge >= 0.3 is 6.03 Å². The van der Waals surface area contributed by atoms with E-state index in [1.807, 2.05) is 54.7 Å². The highest BCUT2D eigenvalue weighted by Gasteiger charge is 2.51. The van der Waals surface area contributed by atoms with Crippen LogP contribution >= 0.6 is 0 Å². The Morgan fingerprint density at radius 2 is 1.85 bits per heavy atom. The van der Waals surface area contributed by atoms with Gasteiger partial charge in [-0.05, 0) is 31.2 Å². The number of imide groups is 1. The van der Waals surface area contributed by atoms with Gasteiger partial charge in [0.05, 0.1) is 11.9 Å². The molecule has 1 N–H and O–H groups in total. The summed E-state index contributed by atoms with van der Waals surface area (Å²) in [6.45, 7) is 1.50. The highest BCUT2D eigenvalue weighted by Crippen LogP contribution is 2.33. The maximum absolute atomic E-state index is 13.2. The van der Waals surface area contributed by atoms with Gasteiger partial charge in [0.2, 0.25) is 5.91 Å². The normalized spacial score (nSPS) is 17.9. The lowest BCUT2D eigenvalue weighted by Crippen LogP contribution is -2.43. The number of para-hydroxylation sites is 2. The van der Waals surface area contributed by atoms with Crippen molar-refractivity contribution in [2.75, 3.05) is 13.6 Å². The van der Waals surface area contributed by atoms with Crippen LogP contribution in [-0.4, -0.2) is 51.0 Å². The van der Waals surface area contributed by atoms with E-state index in [2.05, 4.69) is 10.4 Å². The fraction of sp³-hybridized carbons (Fsp3) is 0.200. The molecule has 5 rings (SSSR count). The molecular formula is C25H23N5O4. The molecule has 0 unspecified atom stereocenters. The molecular weight excluding hydrogens is 434 g/mol. The Labute approximate surface area is 195 Å². The van der Waals surface area contributed by atoms with Gasteiger partial charge in [0.15, 0.2) is 5.54 Å². The van der Waals surface area contributed by atoms with E-state index in [0.717, 1.165) is 21.5 Å². The Balaban J connectivity index is 1.27. The van der Waals surface area contributed by atoms with Gasteiger partial charge in [-0.2, -0.15) is 5.10 Å². The number of hydrogen-bond acceptors (Lipinski definition) is 5. The van der Waals surface area contributed by atoms with Crippen LogP contribution in [0, 0.1) is 0 Å². The number of nitrogens with zero attached hydrogens (tertiary/aromatic N) is 4. The fourth-order valence-corrected chi connectivity index (χ4v) is 4.02. The average molecular weight is 457 g/mol. The van der Waals surface area contributed by atoms with Gasteiger partial charge in [0.1, 0.15) is 17.9 Å². The highest BCUT2D eigenvalue weighted by atomic mass is 16.3. The number of hydrogen-bond donors (Lipinski definition) is 1. The smallest absolute Gasteiger partial charge is 0.325 e. The summed E-state index contributed by atoms with van der Waals surface area (Å²) in [5, 5.41) is 7.84. The summed E-state index contributed by atoms with van der Waals surface area (Å²) in [5.41, 5.74) is 0.966. The second-order valence-corrected chi connectivity index (χ2v) is 8.47. The Morgan fingerprint density at radius 3 is 2.62 bits per heavy atom. The summed E-state index contributed by atoms with van der Waals surface area (Å²) in [4.78, 5) is 41.1. The third-order valence-corrected chi connectivity index (χ3v) is 5.99. The first-order valence-electron chi connectivity index (χ1n) is 10.8. The minimum Gasteiger partial charge on any atom is -0.458 e. The van der Waals surface area contributed by atoms with Gasteiger partial charge in [-0.25, -0.2) is 9.48 Å². The van der Waals surface area contributed by atoms with Crippen molar-refractivity contribution in [2.45, 2.75) is 19.0 Å². The van der Waals surface area contributed by atoms with Crippen molar-refractivity contribution < 1.29 is 18.8 Å².